The first-order valence-electron chi connectivity index (χ1n) is 47.4. The minimum atomic E-state index is 0. The molecule has 616 valence electrons. The summed E-state index contributed by atoms with van der Waals surface area (Å²) >= 11 is 23.9. The fourth-order valence-corrected chi connectivity index (χ4v) is 18.3. The van der Waals surface area contributed by atoms with E-state index in [0.717, 1.165) is 25.7 Å². The first-order chi connectivity index (χ1) is 53.3. The Kier molecular flexibility index (Phi) is 73.8. The van der Waals surface area contributed by atoms with Gasteiger partial charge in [0.05, 0.1) is 0 Å². The standard InChI is InChI=1S/2C51H87NS2.Zn/c2*1-3-5-7-9-11-13-15-17-19-21-23-25-27-29-37-43-49(45-47-39-33-31-34-40-47)52(51(53)54)50(46-48-41-35-32-36-42-48)44-38-30-28-26-24-22-20-18-16-14-12-10-8-6-4-2;/h2*31-36,39-42,49-50H,3-30,37-38,43-46H2,1-2H3,(H,53,54);/q;;+2/p-2. The Labute approximate surface area is 714 Å². The van der Waals surface area contributed by atoms with Crippen LogP contribution in [0.2, 0.25) is 0 Å². The molecule has 0 fully saturated rings. The Bertz CT molecular complexity index is 2170. The summed E-state index contributed by atoms with van der Waals surface area (Å²) in [6.45, 7) is 9.22. The van der Waals surface area contributed by atoms with Gasteiger partial charge in [-0.05, 0) is 73.6 Å². The molecule has 4 atom stereocenters. The number of hydrogen-bond acceptors (Lipinski definition) is 4. The van der Waals surface area contributed by atoms with Crippen LogP contribution in [0.1, 0.15) is 461 Å². The third-order valence-electron chi connectivity index (χ3n) is 23.8. The van der Waals surface area contributed by atoms with Gasteiger partial charge in [-0.15, -0.1) is 0 Å². The van der Waals surface area contributed by atoms with E-state index in [1.165, 1.54) is 433 Å². The van der Waals surface area contributed by atoms with E-state index in [1.54, 1.807) is 0 Å². The zero-order valence-electron chi connectivity index (χ0n) is 72.2. The third kappa shape index (κ3) is 60.0. The van der Waals surface area contributed by atoms with Crippen molar-refractivity contribution in [3.63, 3.8) is 0 Å². The number of benzene rings is 4. The van der Waals surface area contributed by atoms with E-state index in [4.69, 9.17) is 49.7 Å². The number of thiocarbonyl (C=S) groups is 2. The monoisotopic (exact) mass is 1620 g/mol. The van der Waals surface area contributed by atoms with Crippen LogP contribution in [0, 0.1) is 0 Å². The largest absolute Gasteiger partial charge is 2.00 e. The van der Waals surface area contributed by atoms with Gasteiger partial charge in [0.25, 0.3) is 0 Å². The zero-order chi connectivity index (χ0) is 77.2. The van der Waals surface area contributed by atoms with E-state index in [-0.39, 0.29) is 19.5 Å². The van der Waals surface area contributed by atoms with Crippen molar-refractivity contribution in [1.82, 2.24) is 9.80 Å². The molecule has 0 amide bonds. The van der Waals surface area contributed by atoms with Gasteiger partial charge in [0, 0.05) is 24.2 Å². The molecule has 0 aromatic heterocycles. The van der Waals surface area contributed by atoms with Crippen LogP contribution >= 0.6 is 24.4 Å². The molecule has 0 radical (unpaired) electrons. The Balaban J connectivity index is 0.000000733. The second-order valence-electron chi connectivity index (χ2n) is 33.7. The van der Waals surface area contributed by atoms with Crippen LogP contribution in [0.15, 0.2) is 121 Å². The molecule has 0 bridgehead atoms. The van der Waals surface area contributed by atoms with Gasteiger partial charge in [0.1, 0.15) is 0 Å². The van der Waals surface area contributed by atoms with Crippen molar-refractivity contribution in [2.75, 3.05) is 0 Å². The zero-order valence-corrected chi connectivity index (χ0v) is 78.4. The molecule has 0 N–H and O–H groups in total. The molecule has 4 aromatic rings. The second-order valence-corrected chi connectivity index (χ2v) is 35.7. The molecule has 2 nitrogen and oxygen atoms in total. The predicted octanol–water partition coefficient (Wildman–Crippen LogP) is 33.7. The molecule has 4 aromatic carbocycles. The van der Waals surface area contributed by atoms with Crippen LogP contribution < -0.4 is 0 Å². The molecule has 4 rings (SSSR count). The molecule has 0 saturated heterocycles. The molecule has 0 aliphatic rings. The minimum Gasteiger partial charge on any atom is -0.411 e. The summed E-state index contributed by atoms with van der Waals surface area (Å²) in [5, 5.41) is 0. The molecule has 7 heteroatoms. The number of nitrogens with zero attached hydrogens (tertiary/aromatic N) is 2. The van der Waals surface area contributed by atoms with Crippen molar-refractivity contribution < 1.29 is 19.5 Å². The van der Waals surface area contributed by atoms with Gasteiger partial charge in [-0.25, -0.2) is 0 Å². The van der Waals surface area contributed by atoms with E-state index in [2.05, 4.69) is 159 Å². The van der Waals surface area contributed by atoms with Crippen molar-refractivity contribution in [2.24, 2.45) is 0 Å². The van der Waals surface area contributed by atoms with E-state index < -0.39 is 0 Å². The van der Waals surface area contributed by atoms with E-state index in [1.807, 2.05) is 0 Å². The van der Waals surface area contributed by atoms with Crippen molar-refractivity contribution in [3.05, 3.63) is 144 Å². The molecule has 4 unspecified atom stereocenters. The summed E-state index contributed by atoms with van der Waals surface area (Å²) in [6.07, 6.45) is 93.0. The molecule has 0 heterocycles. The molecular formula is C102H172N2S4Zn. The average Bonchev–Trinajstić information content (AvgIpc) is 0.842. The summed E-state index contributed by atoms with van der Waals surface area (Å²) in [4.78, 5) is 5.08. The maximum absolute atomic E-state index is 5.96. The third-order valence-corrected chi connectivity index (χ3v) is 24.7. The fourth-order valence-electron chi connectivity index (χ4n) is 17.1. The van der Waals surface area contributed by atoms with Crippen LogP contribution in [0.5, 0.6) is 0 Å². The van der Waals surface area contributed by atoms with Gasteiger partial charge in [0.2, 0.25) is 0 Å². The first-order valence-corrected chi connectivity index (χ1v) is 49.1. The molecular weight excluding hydrogens is 1450 g/mol. The summed E-state index contributed by atoms with van der Waals surface area (Å²) in [7, 11) is 0. The van der Waals surface area contributed by atoms with E-state index in [0.29, 0.717) is 32.8 Å². The molecule has 0 spiro atoms. The summed E-state index contributed by atoms with van der Waals surface area (Å²) in [6, 6.07) is 45.9. The Morgan fingerprint density at radius 2 is 0.330 bits per heavy atom. The summed E-state index contributed by atoms with van der Waals surface area (Å²) < 4.78 is 1.36. The van der Waals surface area contributed by atoms with Crippen LogP contribution in [0.25, 0.3) is 0 Å². The van der Waals surface area contributed by atoms with Gasteiger partial charge in [0.15, 0.2) is 0 Å². The van der Waals surface area contributed by atoms with Crippen LogP contribution in [0.3, 0.4) is 0 Å². The predicted molar refractivity (Wildman–Crippen MR) is 498 cm³/mol. The van der Waals surface area contributed by atoms with Crippen molar-refractivity contribution in [1.29, 1.82) is 0 Å². The number of rotatable bonds is 76. The van der Waals surface area contributed by atoms with Crippen LogP contribution in [-0.4, -0.2) is 42.6 Å². The van der Waals surface area contributed by atoms with Crippen molar-refractivity contribution in [3.8, 4) is 0 Å². The van der Waals surface area contributed by atoms with Gasteiger partial charge < -0.3 is 59.5 Å². The second kappa shape index (κ2) is 78.3. The Morgan fingerprint density at radius 1 is 0.211 bits per heavy atom. The topological polar surface area (TPSA) is 6.48 Å². The molecule has 0 saturated carbocycles. The first kappa shape index (κ1) is 103. The average molecular weight is 1620 g/mol. The van der Waals surface area contributed by atoms with E-state index in [9.17, 15) is 0 Å². The van der Waals surface area contributed by atoms with E-state index >= 15 is 0 Å². The summed E-state index contributed by atoms with van der Waals surface area (Å²) in [5.41, 5.74) is 5.63. The van der Waals surface area contributed by atoms with Crippen LogP contribution in [-0.2, 0) is 70.4 Å². The molecule has 109 heavy (non-hydrogen) atoms. The van der Waals surface area contributed by atoms with Crippen molar-refractivity contribution >= 4 is 58.3 Å². The maximum Gasteiger partial charge on any atom is 2.00 e. The smallest absolute Gasteiger partial charge is 0.411 e. The fraction of sp³-hybridized carbons (Fsp3) is 0.745. The maximum atomic E-state index is 5.96. The SMILES string of the molecule is CCCCCCCCCCCCCCCCCC(Cc1ccccc1)N(C(=S)[S-])C(CCCCCCCCCCCCCCCCC)Cc1ccccc1.CCCCCCCCCCCCCCCCCC(Cc1ccccc1)N(C(=S)[S-])C(CCCCCCCCCCCCCCCCC)Cc1ccccc1.[Zn+2]. The normalized spacial score (nSPS) is 12.4. The van der Waals surface area contributed by atoms with Crippen molar-refractivity contribution in [2.45, 2.75) is 488 Å². The quantitative estimate of drug-likeness (QED) is 0.0187. The summed E-state index contributed by atoms with van der Waals surface area (Å²) in [5.74, 6) is 0. The Hall–Kier alpha value is -2.28. The Morgan fingerprint density at radius 3 is 0.450 bits per heavy atom. The van der Waals surface area contributed by atoms with Gasteiger partial charge in [-0.2, -0.15) is 0 Å². The number of hydrogen-bond donors (Lipinski definition) is 0. The number of unbranched alkanes of at least 4 members (excludes halogenated alkanes) is 56. The van der Waals surface area contributed by atoms with Gasteiger partial charge in [-0.1, -0.05) is 543 Å². The van der Waals surface area contributed by atoms with Gasteiger partial charge in [-0.3, -0.25) is 0 Å². The molecule has 0 aliphatic heterocycles. The van der Waals surface area contributed by atoms with Gasteiger partial charge >= 0.3 is 19.5 Å². The minimum absolute atomic E-state index is 0. The molecule has 0 aliphatic carbocycles. The van der Waals surface area contributed by atoms with Crippen LogP contribution in [0.4, 0.5) is 0 Å².